The number of hydrogen-bond acceptors (Lipinski definition) is 8. The van der Waals surface area contributed by atoms with Crippen molar-refractivity contribution < 1.29 is 37.4 Å². The van der Waals surface area contributed by atoms with E-state index in [1.807, 2.05) is 20.8 Å². The molecular formula is C30H30Br4O9Si. The van der Waals surface area contributed by atoms with Crippen LogP contribution >= 0.6 is 63.7 Å². The third kappa shape index (κ3) is 7.34. The third-order valence-electron chi connectivity index (χ3n) is 6.73. The number of carbonyl (C=O) groups is 1. The van der Waals surface area contributed by atoms with Gasteiger partial charge in [-0.25, -0.2) is 4.79 Å². The molecule has 0 aromatic heterocycles. The van der Waals surface area contributed by atoms with E-state index in [1.165, 1.54) is 6.07 Å². The molecule has 0 saturated carbocycles. The Morgan fingerprint density at radius 1 is 0.932 bits per heavy atom. The average Bonchev–Trinajstić information content (AvgIpc) is 2.98. The number of hydrogen-bond donors (Lipinski definition) is 2. The first-order valence-electron chi connectivity index (χ1n) is 13.8. The largest absolute Gasteiger partial charge is 0.501 e. The zero-order valence-electron chi connectivity index (χ0n) is 24.0. The van der Waals surface area contributed by atoms with Crippen LogP contribution in [0.3, 0.4) is 0 Å². The van der Waals surface area contributed by atoms with Crippen molar-refractivity contribution in [2.24, 2.45) is 0 Å². The highest BCUT2D eigenvalue weighted by molar-refractivity contribution is 9.11. The van der Waals surface area contributed by atoms with Crippen molar-refractivity contribution >= 4 is 89.5 Å². The van der Waals surface area contributed by atoms with E-state index >= 15 is 0 Å². The minimum atomic E-state index is -2.94. The first kappa shape index (κ1) is 35.2. The summed E-state index contributed by atoms with van der Waals surface area (Å²) in [5.74, 6) is -0.506. The molecule has 0 amide bonds. The van der Waals surface area contributed by atoms with Crippen LogP contribution in [0.4, 0.5) is 0 Å². The molecule has 1 aliphatic carbocycles. The van der Waals surface area contributed by atoms with Crippen LogP contribution in [-0.4, -0.2) is 57.5 Å². The SMILES string of the molecule is CCO[Si](CCC(O)COc1c(Br)cc2c(-c3ccccc3C(=O)O)c3cc(Br)c(=O)c(Br)c-3oc2c1Br)(OCC)OCC. The minimum absolute atomic E-state index is 0.0544. The predicted octanol–water partition coefficient (Wildman–Crippen LogP) is 8.49. The van der Waals surface area contributed by atoms with Crippen LogP contribution in [0.2, 0.25) is 6.04 Å². The fourth-order valence-electron chi connectivity index (χ4n) is 4.90. The number of carboxylic acid groups (broad SMARTS) is 1. The van der Waals surface area contributed by atoms with Gasteiger partial charge in [-0.3, -0.25) is 4.79 Å². The lowest BCUT2D eigenvalue weighted by Gasteiger charge is -2.29. The van der Waals surface area contributed by atoms with Crippen LogP contribution < -0.4 is 10.2 Å². The summed E-state index contributed by atoms with van der Waals surface area (Å²) in [6.45, 7) is 6.90. The molecule has 0 bridgehead atoms. The number of aliphatic hydroxyl groups is 1. The lowest BCUT2D eigenvalue weighted by Crippen LogP contribution is -2.46. The van der Waals surface area contributed by atoms with Gasteiger partial charge in [0.25, 0.3) is 0 Å². The highest BCUT2D eigenvalue weighted by Gasteiger charge is 2.40. The van der Waals surface area contributed by atoms with Gasteiger partial charge < -0.3 is 32.6 Å². The van der Waals surface area contributed by atoms with Gasteiger partial charge in [-0.2, -0.15) is 0 Å². The van der Waals surface area contributed by atoms with Gasteiger partial charge in [0, 0.05) is 42.4 Å². The van der Waals surface area contributed by atoms with E-state index in [-0.39, 0.29) is 32.3 Å². The molecule has 4 rings (SSSR count). The maximum Gasteiger partial charge on any atom is 0.501 e. The Balaban J connectivity index is 1.79. The van der Waals surface area contributed by atoms with E-state index in [4.69, 9.17) is 22.4 Å². The fourth-order valence-corrected chi connectivity index (χ4v) is 10.2. The van der Waals surface area contributed by atoms with E-state index in [1.54, 1.807) is 30.3 Å². The van der Waals surface area contributed by atoms with Crippen LogP contribution in [-0.2, 0) is 13.3 Å². The topological polar surface area (TPSA) is 125 Å². The number of fused-ring (bicyclic) bond motifs is 2. The molecule has 0 saturated heterocycles. The highest BCUT2D eigenvalue weighted by Crippen LogP contribution is 2.49. The lowest BCUT2D eigenvalue weighted by molar-refractivity contribution is 0.0588. The minimum Gasteiger partial charge on any atom is -0.488 e. The average molecular weight is 882 g/mol. The van der Waals surface area contributed by atoms with Crippen molar-refractivity contribution in [1.82, 2.24) is 0 Å². The molecule has 2 N–H and O–H groups in total. The lowest BCUT2D eigenvalue weighted by atomic mass is 9.91. The van der Waals surface area contributed by atoms with Gasteiger partial charge in [0.1, 0.15) is 15.6 Å². The molecule has 9 nitrogen and oxygen atoms in total. The fraction of sp³-hybridized carbons (Fsp3) is 0.333. The Bertz CT molecular complexity index is 1680. The normalized spacial score (nSPS) is 12.6. The van der Waals surface area contributed by atoms with Gasteiger partial charge in [-0.15, -0.1) is 0 Å². The zero-order valence-corrected chi connectivity index (χ0v) is 31.4. The number of halogens is 4. The zero-order chi connectivity index (χ0) is 32.2. The van der Waals surface area contributed by atoms with Crippen molar-refractivity contribution in [3.8, 4) is 28.2 Å². The van der Waals surface area contributed by atoms with Gasteiger partial charge >= 0.3 is 14.8 Å². The molecule has 236 valence electrons. The van der Waals surface area contributed by atoms with Crippen molar-refractivity contribution in [2.45, 2.75) is 39.3 Å². The maximum absolute atomic E-state index is 12.8. The van der Waals surface area contributed by atoms with Crippen molar-refractivity contribution in [3.63, 3.8) is 0 Å². The quantitative estimate of drug-likeness (QED) is 0.0948. The number of aromatic carboxylic acids is 1. The molecule has 1 aliphatic heterocycles. The Hall–Kier alpha value is -1.62. The van der Waals surface area contributed by atoms with Crippen molar-refractivity contribution in [3.05, 3.63) is 70.1 Å². The number of aliphatic hydroxyl groups excluding tert-OH is 1. The van der Waals surface area contributed by atoms with Crippen LogP contribution in [0.5, 0.6) is 5.75 Å². The van der Waals surface area contributed by atoms with Gasteiger partial charge in [0.2, 0.25) is 5.43 Å². The molecule has 0 spiro atoms. The summed E-state index contributed by atoms with van der Waals surface area (Å²) in [7, 11) is -2.94. The van der Waals surface area contributed by atoms with Crippen LogP contribution in [0.15, 0.2) is 63.5 Å². The predicted molar refractivity (Wildman–Crippen MR) is 184 cm³/mol. The van der Waals surface area contributed by atoms with Gasteiger partial charge in [-0.1, -0.05) is 18.2 Å². The number of carboxylic acids is 1. The smallest absolute Gasteiger partial charge is 0.488 e. The maximum atomic E-state index is 12.8. The molecule has 1 heterocycles. The second kappa shape index (κ2) is 15.3. The van der Waals surface area contributed by atoms with E-state index in [0.717, 1.165) is 0 Å². The van der Waals surface area contributed by atoms with E-state index in [9.17, 15) is 19.8 Å². The third-order valence-corrected chi connectivity index (χ3v) is 12.4. The summed E-state index contributed by atoms with van der Waals surface area (Å²) in [4.78, 5) is 25.1. The summed E-state index contributed by atoms with van der Waals surface area (Å²) >= 11 is 13.9. The Labute approximate surface area is 289 Å². The molecule has 1 unspecified atom stereocenters. The molecule has 0 radical (unpaired) electrons. The first-order chi connectivity index (χ1) is 21.0. The molecular weight excluding hydrogens is 852 g/mol. The summed E-state index contributed by atoms with van der Waals surface area (Å²) < 4.78 is 31.5. The molecule has 0 fully saturated rings. The summed E-state index contributed by atoms with van der Waals surface area (Å²) in [6.07, 6.45) is -0.535. The van der Waals surface area contributed by atoms with E-state index in [2.05, 4.69) is 63.7 Å². The van der Waals surface area contributed by atoms with Crippen molar-refractivity contribution in [2.75, 3.05) is 26.4 Å². The number of ether oxygens (including phenoxy) is 1. The van der Waals surface area contributed by atoms with Gasteiger partial charge in [0.15, 0.2) is 17.1 Å². The monoisotopic (exact) mass is 878 g/mol. The van der Waals surface area contributed by atoms with Gasteiger partial charge in [0.05, 0.1) is 20.6 Å². The highest BCUT2D eigenvalue weighted by atomic mass is 79.9. The van der Waals surface area contributed by atoms with Crippen LogP contribution in [0.25, 0.3) is 33.4 Å². The molecule has 2 aromatic carbocycles. The number of rotatable bonds is 14. The molecule has 1 atom stereocenters. The second-order valence-electron chi connectivity index (χ2n) is 9.57. The summed E-state index contributed by atoms with van der Waals surface area (Å²) in [5, 5.41) is 21.4. The Kier molecular flexibility index (Phi) is 12.3. The first-order valence-corrected chi connectivity index (χ1v) is 18.9. The van der Waals surface area contributed by atoms with Gasteiger partial charge in [-0.05, 0) is 115 Å². The van der Waals surface area contributed by atoms with E-state index < -0.39 is 20.9 Å². The Morgan fingerprint density at radius 3 is 2.18 bits per heavy atom. The molecule has 2 aliphatic rings. The second-order valence-corrected chi connectivity index (χ2v) is 15.6. The molecule has 2 aromatic rings. The van der Waals surface area contributed by atoms with Crippen molar-refractivity contribution in [1.29, 1.82) is 0 Å². The molecule has 44 heavy (non-hydrogen) atoms. The summed E-state index contributed by atoms with van der Waals surface area (Å²) in [6, 6.07) is 10.4. The number of benzene rings is 3. The molecule has 14 heteroatoms. The standard InChI is InChI=1S/C30H30Br4O9Si/c1-4-40-44(41-5-2,42-6-3)12-11-16(35)15-39-29-22(32)14-20-23(17-9-7-8-10-18(17)30(37)38)19-13-21(31)26(36)24(33)27(19)43-28(20)25(29)34/h7-10,13-14,16,35H,4-6,11-12,15H2,1-3H3,(H,37,38). The van der Waals surface area contributed by atoms with Crippen LogP contribution in [0.1, 0.15) is 37.6 Å². The van der Waals surface area contributed by atoms with E-state index in [0.29, 0.717) is 74.6 Å². The summed E-state index contributed by atoms with van der Waals surface area (Å²) in [5.41, 5.74) is 1.60. The van der Waals surface area contributed by atoms with Crippen LogP contribution in [0, 0.1) is 0 Å². The Morgan fingerprint density at radius 2 is 1.57 bits per heavy atom.